The van der Waals surface area contributed by atoms with Gasteiger partial charge in [0.25, 0.3) is 0 Å². The molecule has 0 fully saturated rings. The van der Waals surface area contributed by atoms with Gasteiger partial charge < -0.3 is 4.74 Å². The van der Waals surface area contributed by atoms with E-state index < -0.39 is 8.80 Å². The van der Waals surface area contributed by atoms with Gasteiger partial charge in [-0.1, -0.05) is 26.9 Å². The normalized spacial score (nSPS) is 12.4. The van der Waals surface area contributed by atoms with Crippen molar-refractivity contribution in [2.45, 2.75) is 45.5 Å². The third kappa shape index (κ3) is 3.98. The predicted octanol–water partition coefficient (Wildman–Crippen LogP) is 4.60. The highest BCUT2D eigenvalue weighted by Gasteiger charge is 2.23. The second-order valence-electron chi connectivity index (χ2n) is 5.25. The van der Waals surface area contributed by atoms with Crippen molar-refractivity contribution in [2.75, 3.05) is 6.61 Å². The lowest BCUT2D eigenvalue weighted by atomic mass is 10.2. The van der Waals surface area contributed by atoms with Gasteiger partial charge >= 0.3 is 0 Å². The van der Waals surface area contributed by atoms with Crippen molar-refractivity contribution in [3.05, 3.63) is 20.3 Å². The zero-order valence-corrected chi connectivity index (χ0v) is 14.3. The van der Waals surface area contributed by atoms with Crippen LogP contribution in [0.1, 0.15) is 23.6 Å². The number of rotatable bonds is 5. The van der Waals surface area contributed by atoms with E-state index in [1.54, 1.807) is 0 Å². The van der Waals surface area contributed by atoms with Gasteiger partial charge in [0.05, 0.1) is 6.61 Å². The van der Waals surface area contributed by atoms with Crippen LogP contribution < -0.4 is 0 Å². The molecule has 0 atom stereocenters. The van der Waals surface area contributed by atoms with E-state index in [9.17, 15) is 0 Å². The largest absolute Gasteiger partial charge is 0.376 e. The van der Waals surface area contributed by atoms with Crippen molar-refractivity contribution < 1.29 is 4.74 Å². The van der Waals surface area contributed by atoms with Crippen molar-refractivity contribution in [3.8, 4) is 0 Å². The highest BCUT2D eigenvalue weighted by atomic mass is 79.9. The Balaban J connectivity index is 2.41. The molecule has 0 aliphatic heterocycles. The van der Waals surface area contributed by atoms with Crippen LogP contribution in [0, 0.1) is 6.92 Å². The van der Waals surface area contributed by atoms with Crippen molar-refractivity contribution in [1.82, 2.24) is 0 Å². The average Bonchev–Trinajstić information content (AvgIpc) is 2.45. The molecular formula is C12H21BrOSSi. The summed E-state index contributed by atoms with van der Waals surface area (Å²) >= 11 is 5.35. The molecule has 0 spiro atoms. The summed E-state index contributed by atoms with van der Waals surface area (Å²) in [5.41, 5.74) is 0. The minimum absolute atomic E-state index is 0.392. The van der Waals surface area contributed by atoms with E-state index in [-0.39, 0.29) is 0 Å². The Morgan fingerprint density at radius 3 is 2.50 bits per heavy atom. The van der Waals surface area contributed by atoms with Gasteiger partial charge in [-0.2, -0.15) is 0 Å². The second kappa shape index (κ2) is 5.80. The average molecular weight is 321 g/mol. The van der Waals surface area contributed by atoms with Crippen LogP contribution >= 0.6 is 27.3 Å². The summed E-state index contributed by atoms with van der Waals surface area (Å²) in [4.78, 5) is 2.64. The molecular weight excluding hydrogens is 300 g/mol. The molecule has 0 unspecified atom stereocenters. The summed E-state index contributed by atoms with van der Waals surface area (Å²) in [6, 6.07) is 2.17. The fourth-order valence-electron chi connectivity index (χ4n) is 1.17. The summed E-state index contributed by atoms with van der Waals surface area (Å²) in [5, 5.41) is 0.392. The molecule has 0 aromatic carbocycles. The lowest BCUT2D eigenvalue weighted by molar-refractivity contribution is 0.102. The van der Waals surface area contributed by atoms with Crippen LogP contribution in [0.2, 0.25) is 18.1 Å². The van der Waals surface area contributed by atoms with E-state index in [1.165, 1.54) is 14.2 Å². The quantitative estimate of drug-likeness (QED) is 0.720. The first kappa shape index (κ1) is 14.4. The van der Waals surface area contributed by atoms with Crippen LogP contribution in [0.25, 0.3) is 0 Å². The highest BCUT2D eigenvalue weighted by Crippen LogP contribution is 2.30. The zero-order chi connectivity index (χ0) is 12.3. The second-order valence-corrected chi connectivity index (χ2v) is 11.3. The monoisotopic (exact) mass is 320 g/mol. The summed E-state index contributed by atoms with van der Waals surface area (Å²) in [6.45, 7) is 13.2. The summed E-state index contributed by atoms with van der Waals surface area (Å²) < 4.78 is 7.04. The smallest absolute Gasteiger partial charge is 0.0809 e. The van der Waals surface area contributed by atoms with Gasteiger partial charge in [-0.15, -0.1) is 11.3 Å². The van der Waals surface area contributed by atoms with Gasteiger partial charge in [0.2, 0.25) is 0 Å². The van der Waals surface area contributed by atoms with E-state index in [2.05, 4.69) is 55.9 Å². The number of aryl methyl sites for hydroxylation is 1. The Morgan fingerprint density at radius 2 is 2.06 bits per heavy atom. The minimum atomic E-state index is -0.641. The van der Waals surface area contributed by atoms with Crippen molar-refractivity contribution in [1.29, 1.82) is 0 Å². The molecule has 0 radical (unpaired) electrons. The molecule has 0 aliphatic carbocycles. The molecule has 0 bridgehead atoms. The number of ether oxygens (including phenoxy) is 1. The maximum Gasteiger partial charge on any atom is 0.0809 e. The molecule has 1 rings (SSSR count). The van der Waals surface area contributed by atoms with E-state index in [1.807, 2.05) is 11.3 Å². The SMILES string of the molecule is Cc1sc(COCC(C)(C)[SiH](C)C)cc1Br. The van der Waals surface area contributed by atoms with Gasteiger partial charge in [-0.3, -0.25) is 0 Å². The first-order chi connectivity index (χ1) is 7.33. The molecule has 0 N–H and O–H groups in total. The van der Waals surface area contributed by atoms with Crippen LogP contribution in [0.5, 0.6) is 0 Å². The molecule has 92 valence electrons. The summed E-state index contributed by atoms with van der Waals surface area (Å²) in [7, 11) is -0.641. The Labute approximate surface area is 113 Å². The van der Waals surface area contributed by atoms with E-state index in [4.69, 9.17) is 4.74 Å². The fraction of sp³-hybridized carbons (Fsp3) is 0.667. The Hall–Kier alpha value is 0.357. The Kier molecular flexibility index (Phi) is 5.23. The number of hydrogen-bond acceptors (Lipinski definition) is 2. The zero-order valence-electron chi connectivity index (χ0n) is 10.8. The van der Waals surface area contributed by atoms with Gasteiger partial charge in [0, 0.05) is 29.6 Å². The maximum absolute atomic E-state index is 5.84. The fourth-order valence-corrected chi connectivity index (χ4v) is 3.16. The molecule has 1 nitrogen and oxygen atoms in total. The number of hydrogen-bond donors (Lipinski definition) is 0. The molecule has 0 aliphatic rings. The first-order valence-corrected chi connectivity index (χ1v) is 10.1. The van der Waals surface area contributed by atoms with Crippen molar-refractivity contribution in [2.24, 2.45) is 0 Å². The van der Waals surface area contributed by atoms with Crippen LogP contribution in [-0.4, -0.2) is 15.4 Å². The van der Waals surface area contributed by atoms with Gasteiger partial charge in [0.1, 0.15) is 0 Å². The van der Waals surface area contributed by atoms with Crippen molar-refractivity contribution >= 4 is 36.1 Å². The third-order valence-corrected chi connectivity index (χ3v) is 8.59. The molecule has 0 saturated heterocycles. The topological polar surface area (TPSA) is 9.23 Å². The van der Waals surface area contributed by atoms with Crippen molar-refractivity contribution in [3.63, 3.8) is 0 Å². The number of thiophene rings is 1. The molecule has 16 heavy (non-hydrogen) atoms. The molecule has 1 aromatic heterocycles. The van der Waals surface area contributed by atoms with Crippen LogP contribution in [0.15, 0.2) is 10.5 Å². The predicted molar refractivity (Wildman–Crippen MR) is 79.3 cm³/mol. The number of halogens is 1. The Morgan fingerprint density at radius 1 is 1.44 bits per heavy atom. The van der Waals surface area contributed by atoms with E-state index in [0.717, 1.165) is 13.2 Å². The summed E-state index contributed by atoms with van der Waals surface area (Å²) in [6.07, 6.45) is 0. The van der Waals surface area contributed by atoms with Gasteiger partial charge in [0.15, 0.2) is 0 Å². The lowest BCUT2D eigenvalue weighted by Gasteiger charge is -2.27. The van der Waals surface area contributed by atoms with Crippen LogP contribution in [0.3, 0.4) is 0 Å². The van der Waals surface area contributed by atoms with Crippen LogP contribution in [0.4, 0.5) is 0 Å². The van der Waals surface area contributed by atoms with Gasteiger partial charge in [-0.05, 0) is 34.0 Å². The molecule has 0 saturated carbocycles. The molecule has 4 heteroatoms. The lowest BCUT2D eigenvalue weighted by Crippen LogP contribution is -2.26. The van der Waals surface area contributed by atoms with E-state index >= 15 is 0 Å². The molecule has 1 aromatic rings. The Bertz CT molecular complexity index is 327. The molecule has 0 amide bonds. The van der Waals surface area contributed by atoms with E-state index in [0.29, 0.717) is 5.04 Å². The molecule has 1 heterocycles. The maximum atomic E-state index is 5.84. The summed E-state index contributed by atoms with van der Waals surface area (Å²) in [5.74, 6) is 0. The first-order valence-electron chi connectivity index (χ1n) is 5.65. The minimum Gasteiger partial charge on any atom is -0.376 e. The third-order valence-electron chi connectivity index (χ3n) is 3.19. The van der Waals surface area contributed by atoms with Gasteiger partial charge in [-0.25, -0.2) is 0 Å². The standard InChI is InChI=1S/C12H21BrOSSi/c1-9-11(13)6-10(15-9)7-14-8-12(2,3)16(4)5/h6,16H,7-8H2,1-5H3. The van der Waals surface area contributed by atoms with Crippen LogP contribution in [-0.2, 0) is 11.3 Å². The highest BCUT2D eigenvalue weighted by molar-refractivity contribution is 9.10.